The highest BCUT2D eigenvalue weighted by Gasteiger charge is 2.31. The molecule has 4 rings (SSSR count). The lowest BCUT2D eigenvalue weighted by Gasteiger charge is -2.26. The van der Waals surface area contributed by atoms with Crippen molar-refractivity contribution in [3.63, 3.8) is 0 Å². The van der Waals surface area contributed by atoms with E-state index in [1.807, 2.05) is 30.3 Å². The molecule has 148 valence electrons. The zero-order chi connectivity index (χ0) is 19.0. The Kier molecular flexibility index (Phi) is 5.62. The second-order valence-electron chi connectivity index (χ2n) is 6.51. The average molecular weight is 411 g/mol. The number of pyridine rings is 1. The van der Waals surface area contributed by atoms with E-state index in [4.69, 9.17) is 0 Å². The Morgan fingerprint density at radius 1 is 1.07 bits per heavy atom. The van der Waals surface area contributed by atoms with Crippen molar-refractivity contribution in [2.75, 3.05) is 6.54 Å². The summed E-state index contributed by atoms with van der Waals surface area (Å²) < 4.78 is 39.3. The first-order valence-corrected chi connectivity index (χ1v) is 8.51. The third-order valence-corrected chi connectivity index (χ3v) is 4.63. The van der Waals surface area contributed by atoms with Gasteiger partial charge >= 0.3 is 6.18 Å². The fourth-order valence-electron chi connectivity index (χ4n) is 3.23. The molecule has 1 N–H and O–H groups in total. The van der Waals surface area contributed by atoms with Crippen LogP contribution in [0.3, 0.4) is 0 Å². The highest BCUT2D eigenvalue weighted by Crippen LogP contribution is 2.32. The van der Waals surface area contributed by atoms with Crippen LogP contribution >= 0.6 is 12.4 Å². The molecule has 2 aromatic heterocycles. The molecule has 0 fully saturated rings. The lowest BCUT2D eigenvalue weighted by molar-refractivity contribution is -0.137. The highest BCUT2D eigenvalue weighted by molar-refractivity contribution is 5.85. The first kappa shape index (κ1) is 20.2. The van der Waals surface area contributed by atoms with Crippen LogP contribution in [-0.2, 0) is 25.7 Å². The van der Waals surface area contributed by atoms with Crippen LogP contribution in [0.25, 0.3) is 5.82 Å². The van der Waals surface area contributed by atoms with Gasteiger partial charge in [0.15, 0.2) is 5.82 Å². The van der Waals surface area contributed by atoms with Gasteiger partial charge < -0.3 is 5.11 Å². The van der Waals surface area contributed by atoms with E-state index in [0.29, 0.717) is 18.5 Å². The molecular weight excluding hydrogens is 393 g/mol. The zero-order valence-corrected chi connectivity index (χ0v) is 15.5. The van der Waals surface area contributed by atoms with Gasteiger partial charge in [-0.2, -0.15) is 23.0 Å². The summed E-state index contributed by atoms with van der Waals surface area (Å²) in [5.74, 6) is 0.0829. The van der Waals surface area contributed by atoms with Crippen molar-refractivity contribution in [2.24, 2.45) is 0 Å². The van der Waals surface area contributed by atoms with Crippen LogP contribution in [0.2, 0.25) is 0 Å². The summed E-state index contributed by atoms with van der Waals surface area (Å²) in [6, 6.07) is 12.2. The van der Waals surface area contributed by atoms with Crippen LogP contribution in [0, 0.1) is 0 Å². The maximum Gasteiger partial charge on any atom is 0.417 e. The maximum atomic E-state index is 12.7. The molecule has 0 unspecified atom stereocenters. The number of aromatic nitrogens is 3. The Morgan fingerprint density at radius 2 is 1.82 bits per heavy atom. The predicted molar refractivity (Wildman–Crippen MR) is 99.5 cm³/mol. The van der Waals surface area contributed by atoms with Crippen molar-refractivity contribution in [3.05, 3.63) is 71.0 Å². The van der Waals surface area contributed by atoms with Crippen LogP contribution in [0.4, 0.5) is 13.2 Å². The predicted octanol–water partition coefficient (Wildman–Crippen LogP) is 3.97. The van der Waals surface area contributed by atoms with E-state index in [-0.39, 0.29) is 24.1 Å². The van der Waals surface area contributed by atoms with E-state index < -0.39 is 11.7 Å². The second kappa shape index (κ2) is 7.81. The van der Waals surface area contributed by atoms with Crippen LogP contribution in [0.15, 0.2) is 48.7 Å². The molecule has 0 saturated carbocycles. The van der Waals surface area contributed by atoms with E-state index >= 15 is 0 Å². The fraction of sp³-hybridized carbons (Fsp3) is 0.263. The van der Waals surface area contributed by atoms with E-state index in [1.165, 1.54) is 16.3 Å². The van der Waals surface area contributed by atoms with Crippen molar-refractivity contribution in [3.8, 4) is 11.7 Å². The molecule has 28 heavy (non-hydrogen) atoms. The minimum Gasteiger partial charge on any atom is -0.493 e. The molecule has 0 saturated heterocycles. The number of rotatable bonds is 3. The summed E-state index contributed by atoms with van der Waals surface area (Å²) in [7, 11) is 0. The third-order valence-electron chi connectivity index (χ3n) is 4.63. The van der Waals surface area contributed by atoms with E-state index in [2.05, 4.69) is 15.0 Å². The third kappa shape index (κ3) is 3.98. The van der Waals surface area contributed by atoms with Gasteiger partial charge in [-0.25, -0.2) is 4.98 Å². The number of benzene rings is 1. The van der Waals surface area contributed by atoms with Gasteiger partial charge in [-0.05, 0) is 17.7 Å². The van der Waals surface area contributed by atoms with Gasteiger partial charge in [0.2, 0.25) is 5.88 Å². The quantitative estimate of drug-likeness (QED) is 0.709. The molecule has 0 spiro atoms. The Morgan fingerprint density at radius 3 is 2.46 bits per heavy atom. The van der Waals surface area contributed by atoms with Gasteiger partial charge in [0.1, 0.15) is 0 Å². The zero-order valence-electron chi connectivity index (χ0n) is 14.7. The van der Waals surface area contributed by atoms with Crippen molar-refractivity contribution in [1.29, 1.82) is 0 Å². The average Bonchev–Trinajstić information content (AvgIpc) is 2.98. The molecule has 9 heteroatoms. The van der Waals surface area contributed by atoms with Crippen molar-refractivity contribution < 1.29 is 18.3 Å². The summed E-state index contributed by atoms with van der Waals surface area (Å²) in [5, 5.41) is 14.9. The number of hydrogen-bond acceptors (Lipinski definition) is 4. The molecule has 0 aliphatic carbocycles. The molecule has 5 nitrogen and oxygen atoms in total. The van der Waals surface area contributed by atoms with Gasteiger partial charge in [-0.1, -0.05) is 30.3 Å². The Labute approximate surface area is 165 Å². The van der Waals surface area contributed by atoms with Crippen LogP contribution in [-0.4, -0.2) is 31.3 Å². The molecule has 0 atom stereocenters. The number of alkyl halides is 3. The molecule has 3 aromatic rings. The number of fused-ring (bicyclic) bond motifs is 1. The SMILES string of the molecule is Cl.Oc1c2c(nn1-c1ccc(C(F)(F)F)cn1)CCN(Cc1ccccc1)C2. The van der Waals surface area contributed by atoms with Crippen molar-refractivity contribution >= 4 is 12.4 Å². The molecule has 0 amide bonds. The van der Waals surface area contributed by atoms with Crippen LogP contribution in [0.5, 0.6) is 5.88 Å². The number of halogens is 4. The van der Waals surface area contributed by atoms with Gasteiger partial charge in [-0.3, -0.25) is 4.90 Å². The Bertz CT molecular complexity index is 942. The summed E-state index contributed by atoms with van der Waals surface area (Å²) in [6.45, 7) is 2.07. The van der Waals surface area contributed by atoms with Crippen LogP contribution < -0.4 is 0 Å². The number of hydrogen-bond donors (Lipinski definition) is 1. The van der Waals surface area contributed by atoms with Gasteiger partial charge in [0.05, 0.1) is 16.8 Å². The topological polar surface area (TPSA) is 54.2 Å². The van der Waals surface area contributed by atoms with Gasteiger partial charge in [0, 0.05) is 32.3 Å². The molecule has 0 radical (unpaired) electrons. The lowest BCUT2D eigenvalue weighted by atomic mass is 10.1. The van der Waals surface area contributed by atoms with Crippen molar-refractivity contribution in [2.45, 2.75) is 25.7 Å². The van der Waals surface area contributed by atoms with E-state index in [1.54, 1.807) is 0 Å². The number of nitrogens with zero attached hydrogens (tertiary/aromatic N) is 4. The molecular formula is C19H18ClF3N4O. The standard InChI is InChI=1S/C19H17F3N4O.ClH/c20-19(21,22)14-6-7-17(23-10-14)26-18(27)15-12-25(9-8-16(15)24-26)11-13-4-2-1-3-5-13;/h1-7,10,27H,8-9,11-12H2;1H. The second-order valence-corrected chi connectivity index (χ2v) is 6.51. The van der Waals surface area contributed by atoms with Crippen LogP contribution in [0.1, 0.15) is 22.4 Å². The summed E-state index contributed by atoms with van der Waals surface area (Å²) in [6.07, 6.45) is -3.05. The summed E-state index contributed by atoms with van der Waals surface area (Å²) in [5.41, 5.74) is 1.78. The number of aromatic hydroxyl groups is 1. The normalized spacial score (nSPS) is 14.4. The Hall–Kier alpha value is -2.58. The Balaban J connectivity index is 0.00000225. The first-order chi connectivity index (χ1) is 12.9. The minimum atomic E-state index is -4.45. The molecule has 1 aromatic carbocycles. The fourth-order valence-corrected chi connectivity index (χ4v) is 3.23. The molecule has 1 aliphatic heterocycles. The van der Waals surface area contributed by atoms with E-state index in [0.717, 1.165) is 31.0 Å². The van der Waals surface area contributed by atoms with E-state index in [9.17, 15) is 18.3 Å². The molecule has 0 bridgehead atoms. The van der Waals surface area contributed by atoms with Gasteiger partial charge in [0.25, 0.3) is 0 Å². The lowest BCUT2D eigenvalue weighted by Crippen LogP contribution is -2.29. The van der Waals surface area contributed by atoms with Crippen molar-refractivity contribution in [1.82, 2.24) is 19.7 Å². The minimum absolute atomic E-state index is 0. The molecule has 1 aliphatic rings. The molecule has 3 heterocycles. The van der Waals surface area contributed by atoms with Gasteiger partial charge in [-0.15, -0.1) is 12.4 Å². The summed E-state index contributed by atoms with van der Waals surface area (Å²) in [4.78, 5) is 6.01. The maximum absolute atomic E-state index is 12.7. The largest absolute Gasteiger partial charge is 0.493 e. The highest BCUT2D eigenvalue weighted by atomic mass is 35.5. The summed E-state index contributed by atoms with van der Waals surface area (Å²) >= 11 is 0. The monoisotopic (exact) mass is 410 g/mol. The smallest absolute Gasteiger partial charge is 0.417 e. The first-order valence-electron chi connectivity index (χ1n) is 8.51.